The first kappa shape index (κ1) is 19.1. The summed E-state index contributed by atoms with van der Waals surface area (Å²) >= 11 is 0. The molecule has 142 valence electrons. The third kappa shape index (κ3) is 4.36. The Labute approximate surface area is 159 Å². The number of methoxy groups -OCH3 is 1. The molecule has 0 spiro atoms. The summed E-state index contributed by atoms with van der Waals surface area (Å²) in [4.78, 5) is 12.0. The highest BCUT2D eigenvalue weighted by Gasteiger charge is 2.37. The zero-order valence-corrected chi connectivity index (χ0v) is 16.1. The molecule has 27 heavy (non-hydrogen) atoms. The third-order valence-electron chi connectivity index (χ3n) is 4.48. The van der Waals surface area contributed by atoms with Gasteiger partial charge in [-0.3, -0.25) is 0 Å². The number of carbonyl (C=O) groups excluding carboxylic acids is 1. The minimum absolute atomic E-state index is 0.230. The maximum Gasteiger partial charge on any atom is 0.331 e. The van der Waals surface area contributed by atoms with Crippen molar-refractivity contribution in [1.29, 1.82) is 0 Å². The van der Waals surface area contributed by atoms with Gasteiger partial charge < -0.3 is 4.74 Å². The average molecular weight is 386 g/mol. The summed E-state index contributed by atoms with van der Waals surface area (Å²) in [6.45, 7) is 1.75. The quantitative estimate of drug-likeness (QED) is 0.740. The number of carbonyl (C=O) groups is 1. The van der Waals surface area contributed by atoms with Crippen molar-refractivity contribution in [2.45, 2.75) is 31.6 Å². The van der Waals surface area contributed by atoms with Crippen LogP contribution in [0.3, 0.4) is 0 Å². The molecule has 3 rings (SSSR count). The third-order valence-corrected chi connectivity index (χ3v) is 6.09. The fourth-order valence-corrected chi connectivity index (χ4v) is 4.63. The first-order valence-corrected chi connectivity index (χ1v) is 10.3. The van der Waals surface area contributed by atoms with E-state index in [1.165, 1.54) is 7.11 Å². The second kappa shape index (κ2) is 7.92. The SMILES string of the molecule is COC(=O)C1CCC(C)=NN1S(=O)(=O)Cc1ccc(-c2ccccc2)cc1. The van der Waals surface area contributed by atoms with Gasteiger partial charge >= 0.3 is 5.97 Å². The Hall–Kier alpha value is -2.67. The number of ether oxygens (including phenoxy) is 1. The van der Waals surface area contributed by atoms with Gasteiger partial charge in [0.05, 0.1) is 12.9 Å². The summed E-state index contributed by atoms with van der Waals surface area (Å²) in [5.41, 5.74) is 3.39. The van der Waals surface area contributed by atoms with Gasteiger partial charge in [0.25, 0.3) is 10.0 Å². The Morgan fingerprint density at radius 1 is 1.11 bits per heavy atom. The number of sulfonamides is 1. The highest BCUT2D eigenvalue weighted by atomic mass is 32.2. The monoisotopic (exact) mass is 386 g/mol. The summed E-state index contributed by atoms with van der Waals surface area (Å²) in [5.74, 6) is -0.818. The summed E-state index contributed by atoms with van der Waals surface area (Å²) in [5, 5.41) is 4.13. The van der Waals surface area contributed by atoms with E-state index in [0.717, 1.165) is 15.5 Å². The molecule has 0 aromatic heterocycles. The van der Waals surface area contributed by atoms with E-state index in [9.17, 15) is 13.2 Å². The van der Waals surface area contributed by atoms with E-state index in [-0.39, 0.29) is 5.75 Å². The molecule has 1 atom stereocenters. The molecule has 0 radical (unpaired) electrons. The molecule has 2 aromatic rings. The Morgan fingerprint density at radius 3 is 2.37 bits per heavy atom. The Morgan fingerprint density at radius 2 is 1.74 bits per heavy atom. The molecule has 0 fully saturated rings. The number of rotatable bonds is 5. The second-order valence-electron chi connectivity index (χ2n) is 6.50. The summed E-state index contributed by atoms with van der Waals surface area (Å²) in [7, 11) is -2.56. The van der Waals surface area contributed by atoms with Gasteiger partial charge in [-0.1, -0.05) is 54.6 Å². The lowest BCUT2D eigenvalue weighted by molar-refractivity contribution is -0.145. The molecular weight excluding hydrogens is 364 g/mol. The van der Waals surface area contributed by atoms with Crippen LogP contribution in [0.2, 0.25) is 0 Å². The Bertz CT molecular complexity index is 938. The predicted octanol–water partition coefficient (Wildman–Crippen LogP) is 3.20. The van der Waals surface area contributed by atoms with E-state index < -0.39 is 22.0 Å². The Balaban J connectivity index is 1.83. The van der Waals surface area contributed by atoms with Crippen LogP contribution in [0.25, 0.3) is 11.1 Å². The molecule has 0 aliphatic carbocycles. The van der Waals surface area contributed by atoms with E-state index in [0.29, 0.717) is 24.1 Å². The van der Waals surface area contributed by atoms with Crippen LogP contribution in [0.4, 0.5) is 0 Å². The predicted molar refractivity (Wildman–Crippen MR) is 104 cm³/mol. The standard InChI is InChI=1S/C20H22N2O4S/c1-15-8-13-19(20(23)26-2)22(21-15)27(24,25)14-16-9-11-18(12-10-16)17-6-4-3-5-7-17/h3-7,9-12,19H,8,13-14H2,1-2H3. The zero-order chi connectivity index (χ0) is 19.4. The fourth-order valence-electron chi connectivity index (χ4n) is 3.04. The van der Waals surface area contributed by atoms with Crippen molar-refractivity contribution in [3.8, 4) is 11.1 Å². The highest BCUT2D eigenvalue weighted by molar-refractivity contribution is 7.88. The van der Waals surface area contributed by atoms with Crippen molar-refractivity contribution in [2.24, 2.45) is 5.10 Å². The van der Waals surface area contributed by atoms with Crippen molar-refractivity contribution < 1.29 is 17.9 Å². The van der Waals surface area contributed by atoms with Gasteiger partial charge in [-0.05, 0) is 36.5 Å². The molecule has 0 saturated heterocycles. The van der Waals surface area contributed by atoms with Crippen molar-refractivity contribution >= 4 is 21.7 Å². The molecule has 1 unspecified atom stereocenters. The molecule has 1 aliphatic rings. The van der Waals surface area contributed by atoms with E-state index in [2.05, 4.69) is 5.10 Å². The smallest absolute Gasteiger partial charge is 0.331 e. The fraction of sp³-hybridized carbons (Fsp3) is 0.300. The van der Waals surface area contributed by atoms with Gasteiger partial charge in [-0.25, -0.2) is 13.2 Å². The van der Waals surface area contributed by atoms with Gasteiger partial charge in [-0.2, -0.15) is 9.52 Å². The first-order chi connectivity index (χ1) is 12.9. The summed E-state index contributed by atoms with van der Waals surface area (Å²) in [6.07, 6.45) is 0.936. The van der Waals surface area contributed by atoms with Crippen LogP contribution >= 0.6 is 0 Å². The topological polar surface area (TPSA) is 76.0 Å². The maximum atomic E-state index is 12.9. The van der Waals surface area contributed by atoms with Crippen LogP contribution in [0.1, 0.15) is 25.3 Å². The number of hydrogen-bond acceptors (Lipinski definition) is 5. The molecule has 1 heterocycles. The number of nitrogens with zero attached hydrogens (tertiary/aromatic N) is 2. The highest BCUT2D eigenvalue weighted by Crippen LogP contribution is 2.24. The van der Waals surface area contributed by atoms with Crippen molar-refractivity contribution in [2.75, 3.05) is 7.11 Å². The Kier molecular flexibility index (Phi) is 5.60. The molecule has 0 N–H and O–H groups in total. The maximum absolute atomic E-state index is 12.9. The van der Waals surface area contributed by atoms with Gasteiger partial charge in [-0.15, -0.1) is 0 Å². The van der Waals surface area contributed by atoms with Gasteiger partial charge in [0, 0.05) is 5.71 Å². The van der Waals surface area contributed by atoms with Gasteiger partial charge in [0.1, 0.15) is 0 Å². The average Bonchev–Trinajstić information content (AvgIpc) is 2.68. The van der Waals surface area contributed by atoms with Crippen LogP contribution in [-0.2, 0) is 25.3 Å². The van der Waals surface area contributed by atoms with Crippen molar-refractivity contribution in [3.63, 3.8) is 0 Å². The lowest BCUT2D eigenvalue weighted by atomic mass is 10.0. The van der Waals surface area contributed by atoms with E-state index in [4.69, 9.17) is 4.74 Å². The van der Waals surface area contributed by atoms with Crippen LogP contribution in [0, 0.1) is 0 Å². The van der Waals surface area contributed by atoms with Crippen molar-refractivity contribution in [1.82, 2.24) is 4.41 Å². The molecular formula is C20H22N2O4S. The molecule has 6 nitrogen and oxygen atoms in total. The minimum atomic E-state index is -3.81. The first-order valence-electron chi connectivity index (χ1n) is 8.69. The van der Waals surface area contributed by atoms with Crippen LogP contribution in [0.5, 0.6) is 0 Å². The molecule has 0 bridgehead atoms. The number of esters is 1. The molecule has 1 aliphatic heterocycles. The van der Waals surface area contributed by atoms with Crippen LogP contribution in [-0.4, -0.2) is 37.7 Å². The molecule has 2 aromatic carbocycles. The van der Waals surface area contributed by atoms with E-state index in [1.807, 2.05) is 42.5 Å². The number of hydrogen-bond donors (Lipinski definition) is 0. The molecule has 0 amide bonds. The number of hydrazone groups is 1. The van der Waals surface area contributed by atoms with Gasteiger partial charge in [0.15, 0.2) is 6.04 Å². The van der Waals surface area contributed by atoms with Crippen LogP contribution in [0.15, 0.2) is 59.7 Å². The van der Waals surface area contributed by atoms with E-state index >= 15 is 0 Å². The van der Waals surface area contributed by atoms with Crippen molar-refractivity contribution in [3.05, 3.63) is 60.2 Å². The minimum Gasteiger partial charge on any atom is -0.467 e. The molecule has 0 saturated carbocycles. The number of benzene rings is 2. The van der Waals surface area contributed by atoms with Crippen LogP contribution < -0.4 is 0 Å². The lowest BCUT2D eigenvalue weighted by Crippen LogP contribution is -2.45. The zero-order valence-electron chi connectivity index (χ0n) is 15.3. The molecule has 7 heteroatoms. The summed E-state index contributed by atoms with van der Waals surface area (Å²) in [6, 6.07) is 16.3. The van der Waals surface area contributed by atoms with E-state index in [1.54, 1.807) is 19.1 Å². The van der Waals surface area contributed by atoms with Gasteiger partial charge in [0.2, 0.25) is 0 Å². The lowest BCUT2D eigenvalue weighted by Gasteiger charge is -2.30. The second-order valence-corrected chi connectivity index (χ2v) is 8.33. The normalized spacial score (nSPS) is 17.3. The summed E-state index contributed by atoms with van der Waals surface area (Å²) < 4.78 is 31.5. The largest absolute Gasteiger partial charge is 0.467 e.